The van der Waals surface area contributed by atoms with Gasteiger partial charge in [0.15, 0.2) is 0 Å². The van der Waals surface area contributed by atoms with Crippen LogP contribution >= 0.6 is 0 Å². The van der Waals surface area contributed by atoms with Crippen molar-refractivity contribution in [3.05, 3.63) is 53.6 Å². The molecule has 102 valence electrons. The van der Waals surface area contributed by atoms with E-state index in [-0.39, 0.29) is 0 Å². The summed E-state index contributed by atoms with van der Waals surface area (Å²) in [5.74, 6) is 0. The molecule has 1 atom stereocenters. The molecule has 0 heterocycles. The summed E-state index contributed by atoms with van der Waals surface area (Å²) in [4.78, 5) is 12.5. The second-order valence-corrected chi connectivity index (χ2v) is 4.79. The number of benzene rings is 2. The van der Waals surface area contributed by atoms with Gasteiger partial charge in [0.05, 0.1) is 0 Å². The first-order chi connectivity index (χ1) is 9.63. The minimum absolute atomic E-state index is 0.372. The van der Waals surface area contributed by atoms with Gasteiger partial charge in [0, 0.05) is 12.2 Å². The van der Waals surface area contributed by atoms with Crippen molar-refractivity contribution in [3.63, 3.8) is 0 Å². The van der Waals surface area contributed by atoms with Crippen LogP contribution in [0.2, 0.25) is 0 Å². The number of aliphatic hydroxyl groups excluding tert-OH is 1. The molecule has 4 heteroatoms. The number of anilines is 1. The van der Waals surface area contributed by atoms with Gasteiger partial charge in [-0.05, 0) is 41.3 Å². The minimum Gasteiger partial charge on any atom is -0.465 e. The van der Waals surface area contributed by atoms with Crippen molar-refractivity contribution < 1.29 is 15.0 Å². The van der Waals surface area contributed by atoms with E-state index >= 15 is 0 Å². The van der Waals surface area contributed by atoms with Crippen LogP contribution in [0.1, 0.15) is 24.2 Å². The SMILES string of the molecule is CCN(C(=O)O)c1ccc2c(c1)C(O)c1ccccc1-2. The zero-order chi connectivity index (χ0) is 14.3. The van der Waals surface area contributed by atoms with E-state index in [4.69, 9.17) is 0 Å². The van der Waals surface area contributed by atoms with Crippen molar-refractivity contribution in [2.45, 2.75) is 13.0 Å². The number of amides is 1. The molecule has 0 aliphatic heterocycles. The first-order valence-corrected chi connectivity index (χ1v) is 6.55. The van der Waals surface area contributed by atoms with E-state index in [1.165, 1.54) is 4.90 Å². The maximum absolute atomic E-state index is 11.2. The van der Waals surface area contributed by atoms with Gasteiger partial charge in [0.1, 0.15) is 6.10 Å². The van der Waals surface area contributed by atoms with Crippen LogP contribution in [0, 0.1) is 0 Å². The van der Waals surface area contributed by atoms with E-state index in [0.29, 0.717) is 12.2 Å². The van der Waals surface area contributed by atoms with Gasteiger partial charge in [-0.15, -0.1) is 0 Å². The summed E-state index contributed by atoms with van der Waals surface area (Å²) in [6.07, 6.45) is -1.67. The Kier molecular flexibility index (Phi) is 2.95. The topological polar surface area (TPSA) is 60.8 Å². The highest BCUT2D eigenvalue weighted by molar-refractivity contribution is 5.88. The number of hydrogen-bond donors (Lipinski definition) is 2. The maximum Gasteiger partial charge on any atom is 0.411 e. The van der Waals surface area contributed by atoms with Crippen LogP contribution in [-0.2, 0) is 0 Å². The molecule has 1 aliphatic rings. The molecule has 3 rings (SSSR count). The second-order valence-electron chi connectivity index (χ2n) is 4.79. The van der Waals surface area contributed by atoms with Gasteiger partial charge in [0.25, 0.3) is 0 Å². The fourth-order valence-electron chi connectivity index (χ4n) is 2.77. The molecule has 0 saturated heterocycles. The van der Waals surface area contributed by atoms with Crippen molar-refractivity contribution in [1.82, 2.24) is 0 Å². The Labute approximate surface area is 116 Å². The molecule has 20 heavy (non-hydrogen) atoms. The molecule has 2 aromatic rings. The third-order valence-electron chi connectivity index (χ3n) is 3.73. The fourth-order valence-corrected chi connectivity index (χ4v) is 2.77. The molecular formula is C16H15NO3. The summed E-state index contributed by atoms with van der Waals surface area (Å²) in [7, 11) is 0. The summed E-state index contributed by atoms with van der Waals surface area (Å²) in [6.45, 7) is 2.16. The van der Waals surface area contributed by atoms with Crippen LogP contribution in [0.25, 0.3) is 11.1 Å². The molecule has 1 amide bonds. The average molecular weight is 269 g/mol. The van der Waals surface area contributed by atoms with Gasteiger partial charge in [-0.1, -0.05) is 30.3 Å². The van der Waals surface area contributed by atoms with Crippen molar-refractivity contribution in [2.24, 2.45) is 0 Å². The number of aliphatic hydroxyl groups is 1. The second kappa shape index (κ2) is 4.65. The lowest BCUT2D eigenvalue weighted by Gasteiger charge is -2.18. The number of rotatable bonds is 2. The quantitative estimate of drug-likeness (QED) is 0.879. The van der Waals surface area contributed by atoms with Crippen LogP contribution in [0.3, 0.4) is 0 Å². The summed E-state index contributed by atoms with van der Waals surface area (Å²) in [5, 5.41) is 19.6. The van der Waals surface area contributed by atoms with Gasteiger partial charge in [-0.3, -0.25) is 4.90 Å². The van der Waals surface area contributed by atoms with Crippen LogP contribution in [-0.4, -0.2) is 22.9 Å². The van der Waals surface area contributed by atoms with Gasteiger partial charge in [-0.2, -0.15) is 0 Å². The van der Waals surface area contributed by atoms with E-state index in [1.54, 1.807) is 19.1 Å². The number of carboxylic acid groups (broad SMARTS) is 1. The molecule has 0 bridgehead atoms. The number of nitrogens with zero attached hydrogens (tertiary/aromatic N) is 1. The van der Waals surface area contributed by atoms with Crippen molar-refractivity contribution in [2.75, 3.05) is 11.4 Å². The molecular weight excluding hydrogens is 254 g/mol. The number of hydrogen-bond acceptors (Lipinski definition) is 2. The monoisotopic (exact) mass is 269 g/mol. The molecule has 0 saturated carbocycles. The predicted molar refractivity (Wildman–Crippen MR) is 77.0 cm³/mol. The van der Waals surface area contributed by atoms with Crippen molar-refractivity contribution in [3.8, 4) is 11.1 Å². The lowest BCUT2D eigenvalue weighted by molar-refractivity contribution is 0.202. The third-order valence-corrected chi connectivity index (χ3v) is 3.73. The predicted octanol–water partition coefficient (Wildman–Crippen LogP) is 3.25. The molecule has 1 aliphatic carbocycles. The summed E-state index contributed by atoms with van der Waals surface area (Å²) >= 11 is 0. The molecule has 4 nitrogen and oxygen atoms in total. The Morgan fingerprint density at radius 2 is 1.85 bits per heavy atom. The first-order valence-electron chi connectivity index (χ1n) is 6.55. The largest absolute Gasteiger partial charge is 0.465 e. The minimum atomic E-state index is -0.988. The molecule has 1 unspecified atom stereocenters. The zero-order valence-corrected chi connectivity index (χ0v) is 11.1. The molecule has 2 N–H and O–H groups in total. The zero-order valence-electron chi connectivity index (χ0n) is 11.1. The van der Waals surface area contributed by atoms with E-state index in [1.807, 2.05) is 30.3 Å². The van der Waals surface area contributed by atoms with Crippen LogP contribution in [0.15, 0.2) is 42.5 Å². The fraction of sp³-hybridized carbons (Fsp3) is 0.188. The van der Waals surface area contributed by atoms with E-state index in [2.05, 4.69) is 0 Å². The standard InChI is InChI=1S/C16H15NO3/c1-2-17(16(19)20)10-7-8-12-11-5-3-4-6-13(11)15(18)14(12)9-10/h3-9,15,18H,2H2,1H3,(H,19,20). The molecule has 2 aromatic carbocycles. The van der Waals surface area contributed by atoms with Crippen molar-refractivity contribution in [1.29, 1.82) is 0 Å². The average Bonchev–Trinajstić information content (AvgIpc) is 2.73. The highest BCUT2D eigenvalue weighted by Gasteiger charge is 2.27. The molecule has 0 radical (unpaired) electrons. The smallest absolute Gasteiger partial charge is 0.411 e. The molecule has 0 fully saturated rings. The Hall–Kier alpha value is -2.33. The lowest BCUT2D eigenvalue weighted by Crippen LogP contribution is -2.28. The summed E-state index contributed by atoms with van der Waals surface area (Å²) < 4.78 is 0. The normalized spacial score (nSPS) is 15.6. The van der Waals surface area contributed by atoms with Crippen molar-refractivity contribution >= 4 is 11.8 Å². The Balaban J connectivity index is 2.11. The van der Waals surface area contributed by atoms with Crippen LogP contribution in [0.5, 0.6) is 0 Å². The van der Waals surface area contributed by atoms with Crippen LogP contribution < -0.4 is 4.90 Å². The highest BCUT2D eigenvalue weighted by atomic mass is 16.4. The number of carbonyl (C=O) groups is 1. The van der Waals surface area contributed by atoms with Gasteiger partial charge in [-0.25, -0.2) is 4.79 Å². The van der Waals surface area contributed by atoms with E-state index in [9.17, 15) is 15.0 Å². The van der Waals surface area contributed by atoms with Gasteiger partial charge >= 0.3 is 6.09 Å². The van der Waals surface area contributed by atoms with Gasteiger partial charge < -0.3 is 10.2 Å². The molecule has 0 spiro atoms. The lowest BCUT2D eigenvalue weighted by atomic mass is 10.1. The first kappa shape index (κ1) is 12.7. The summed E-state index contributed by atoms with van der Waals surface area (Å²) in [6, 6.07) is 13.1. The van der Waals surface area contributed by atoms with Gasteiger partial charge in [0.2, 0.25) is 0 Å². The Morgan fingerprint density at radius 1 is 1.15 bits per heavy atom. The number of fused-ring (bicyclic) bond motifs is 3. The summed E-state index contributed by atoms with van der Waals surface area (Å²) in [5.41, 5.74) is 4.21. The van der Waals surface area contributed by atoms with Crippen LogP contribution in [0.4, 0.5) is 10.5 Å². The van der Waals surface area contributed by atoms with E-state index in [0.717, 1.165) is 22.3 Å². The third kappa shape index (κ3) is 1.77. The van der Waals surface area contributed by atoms with E-state index < -0.39 is 12.2 Å². The molecule has 0 aromatic heterocycles. The Bertz CT molecular complexity index is 681. The highest BCUT2D eigenvalue weighted by Crippen LogP contribution is 2.44. The Morgan fingerprint density at radius 3 is 2.55 bits per heavy atom. The maximum atomic E-state index is 11.2.